The van der Waals surface area contributed by atoms with E-state index in [1.54, 1.807) is 0 Å². The van der Waals surface area contributed by atoms with Gasteiger partial charge < -0.3 is 5.11 Å². The maximum absolute atomic E-state index is 11.7. The van der Waals surface area contributed by atoms with Gasteiger partial charge in [-0.05, 0) is 44.7 Å². The Morgan fingerprint density at radius 1 is 1.24 bits per heavy atom. The number of hydrogen-bond acceptors (Lipinski definition) is 2. The van der Waals surface area contributed by atoms with Gasteiger partial charge in [0, 0.05) is 0 Å². The van der Waals surface area contributed by atoms with E-state index in [0.29, 0.717) is 0 Å². The molecule has 0 bridgehead atoms. The van der Waals surface area contributed by atoms with Gasteiger partial charge in [0.15, 0.2) is 0 Å². The van der Waals surface area contributed by atoms with Crippen LogP contribution < -0.4 is 0 Å². The van der Waals surface area contributed by atoms with Crippen molar-refractivity contribution < 1.29 is 9.90 Å². The molecule has 0 amide bonds. The first-order valence-electron chi connectivity index (χ1n) is 7.09. The molecule has 1 saturated carbocycles. The Bertz CT molecular complexity index is 241. The fraction of sp³-hybridized carbons (Fsp3) is 0.929. The highest BCUT2D eigenvalue weighted by Crippen LogP contribution is 2.38. The van der Waals surface area contributed by atoms with E-state index in [9.17, 15) is 9.90 Å². The van der Waals surface area contributed by atoms with Gasteiger partial charge in [-0.1, -0.05) is 33.6 Å². The second-order valence-electron chi connectivity index (χ2n) is 5.24. The van der Waals surface area contributed by atoms with Crippen molar-refractivity contribution >= 4 is 5.97 Å². The molecular formula is C14H27NO2. The zero-order valence-electron chi connectivity index (χ0n) is 11.5. The minimum absolute atomic E-state index is 0.576. The Balaban J connectivity index is 2.73. The number of carboxylic acids is 1. The molecule has 0 unspecified atom stereocenters. The van der Waals surface area contributed by atoms with Crippen molar-refractivity contribution in [2.75, 3.05) is 13.1 Å². The molecule has 3 nitrogen and oxygen atoms in total. The maximum Gasteiger partial charge on any atom is 0.324 e. The van der Waals surface area contributed by atoms with E-state index in [1.165, 1.54) is 12.8 Å². The summed E-state index contributed by atoms with van der Waals surface area (Å²) in [5.41, 5.74) is -0.576. The van der Waals surface area contributed by atoms with E-state index < -0.39 is 11.5 Å². The summed E-state index contributed by atoms with van der Waals surface area (Å²) in [4.78, 5) is 13.8. The average molecular weight is 241 g/mol. The molecule has 1 N–H and O–H groups in total. The van der Waals surface area contributed by atoms with E-state index >= 15 is 0 Å². The molecule has 3 heteroatoms. The SMILES string of the molecule is CCCC1CCC(C(=O)O)(N(CC)CC)CC1. The lowest BCUT2D eigenvalue weighted by Crippen LogP contribution is -2.56. The van der Waals surface area contributed by atoms with E-state index in [-0.39, 0.29) is 0 Å². The molecule has 1 rings (SSSR count). The van der Waals surface area contributed by atoms with E-state index in [4.69, 9.17) is 0 Å². The van der Waals surface area contributed by atoms with Gasteiger partial charge in [0.05, 0.1) is 0 Å². The van der Waals surface area contributed by atoms with Crippen LogP contribution in [0.15, 0.2) is 0 Å². The highest BCUT2D eigenvalue weighted by molar-refractivity contribution is 5.79. The van der Waals surface area contributed by atoms with Crippen LogP contribution in [-0.4, -0.2) is 34.6 Å². The quantitative estimate of drug-likeness (QED) is 0.776. The third kappa shape index (κ3) is 3.01. The zero-order chi connectivity index (χ0) is 12.9. The monoisotopic (exact) mass is 241 g/mol. The fourth-order valence-corrected chi connectivity index (χ4v) is 3.35. The van der Waals surface area contributed by atoms with Crippen molar-refractivity contribution in [2.24, 2.45) is 5.92 Å². The van der Waals surface area contributed by atoms with Crippen LogP contribution in [0.3, 0.4) is 0 Å². The summed E-state index contributed by atoms with van der Waals surface area (Å²) in [6, 6.07) is 0. The molecular weight excluding hydrogens is 214 g/mol. The van der Waals surface area contributed by atoms with Gasteiger partial charge in [-0.15, -0.1) is 0 Å². The summed E-state index contributed by atoms with van der Waals surface area (Å²) in [6.45, 7) is 8.00. The first-order chi connectivity index (χ1) is 8.10. The Labute approximate surface area is 105 Å². The normalized spacial score (nSPS) is 29.5. The van der Waals surface area contributed by atoms with Crippen LogP contribution >= 0.6 is 0 Å². The Hall–Kier alpha value is -0.570. The highest BCUT2D eigenvalue weighted by Gasteiger charge is 2.45. The third-order valence-electron chi connectivity index (χ3n) is 4.40. The molecule has 17 heavy (non-hydrogen) atoms. The Morgan fingerprint density at radius 2 is 1.76 bits per heavy atom. The molecule has 1 aliphatic carbocycles. The summed E-state index contributed by atoms with van der Waals surface area (Å²) >= 11 is 0. The molecule has 100 valence electrons. The summed E-state index contributed by atoms with van der Waals surface area (Å²) < 4.78 is 0. The van der Waals surface area contributed by atoms with Gasteiger partial charge in [0.1, 0.15) is 5.54 Å². The number of rotatable bonds is 6. The number of aliphatic carboxylic acids is 1. The molecule has 0 radical (unpaired) electrons. The molecule has 0 aromatic carbocycles. The maximum atomic E-state index is 11.7. The molecule has 0 spiro atoms. The molecule has 1 fully saturated rings. The van der Waals surface area contributed by atoms with Crippen LogP contribution in [0.5, 0.6) is 0 Å². The Morgan fingerprint density at radius 3 is 2.12 bits per heavy atom. The van der Waals surface area contributed by atoms with Crippen molar-refractivity contribution in [1.82, 2.24) is 4.90 Å². The van der Waals surface area contributed by atoms with E-state index in [1.807, 2.05) is 0 Å². The summed E-state index contributed by atoms with van der Waals surface area (Å²) in [5, 5.41) is 9.60. The van der Waals surface area contributed by atoms with Gasteiger partial charge in [-0.2, -0.15) is 0 Å². The molecule has 0 aromatic heterocycles. The minimum atomic E-state index is -0.615. The molecule has 0 heterocycles. The predicted octanol–water partition coefficient (Wildman–Crippen LogP) is 3.14. The first-order valence-corrected chi connectivity index (χ1v) is 7.09. The smallest absolute Gasteiger partial charge is 0.324 e. The van der Waals surface area contributed by atoms with Crippen molar-refractivity contribution in [3.05, 3.63) is 0 Å². The summed E-state index contributed by atoms with van der Waals surface area (Å²) in [7, 11) is 0. The number of carbonyl (C=O) groups is 1. The van der Waals surface area contributed by atoms with Crippen molar-refractivity contribution in [3.8, 4) is 0 Å². The molecule has 0 atom stereocenters. The minimum Gasteiger partial charge on any atom is -0.480 e. The fourth-order valence-electron chi connectivity index (χ4n) is 3.35. The van der Waals surface area contributed by atoms with Crippen LogP contribution in [0.25, 0.3) is 0 Å². The van der Waals surface area contributed by atoms with Gasteiger partial charge in [-0.3, -0.25) is 9.69 Å². The van der Waals surface area contributed by atoms with Crippen molar-refractivity contribution in [2.45, 2.75) is 64.8 Å². The van der Waals surface area contributed by atoms with Gasteiger partial charge >= 0.3 is 5.97 Å². The zero-order valence-corrected chi connectivity index (χ0v) is 11.5. The van der Waals surface area contributed by atoms with Gasteiger partial charge in [0.25, 0.3) is 0 Å². The van der Waals surface area contributed by atoms with E-state index in [0.717, 1.165) is 44.7 Å². The second kappa shape index (κ2) is 6.39. The lowest BCUT2D eigenvalue weighted by atomic mass is 9.74. The first kappa shape index (κ1) is 14.5. The highest BCUT2D eigenvalue weighted by atomic mass is 16.4. The van der Waals surface area contributed by atoms with Crippen LogP contribution in [0.4, 0.5) is 0 Å². The molecule has 0 aliphatic heterocycles. The largest absolute Gasteiger partial charge is 0.480 e. The summed E-state index contributed by atoms with van der Waals surface area (Å²) in [5.74, 6) is 0.138. The molecule has 1 aliphatic rings. The van der Waals surface area contributed by atoms with Crippen LogP contribution in [0.2, 0.25) is 0 Å². The number of hydrogen-bond donors (Lipinski definition) is 1. The van der Waals surface area contributed by atoms with Crippen LogP contribution in [0, 0.1) is 5.92 Å². The standard InChI is InChI=1S/C14H27NO2/c1-4-7-12-8-10-14(11-9-12,13(16)17)15(5-2)6-3/h12H,4-11H2,1-3H3,(H,16,17). The average Bonchev–Trinajstić information content (AvgIpc) is 2.33. The lowest BCUT2D eigenvalue weighted by Gasteiger charge is -2.44. The third-order valence-corrected chi connectivity index (χ3v) is 4.40. The topological polar surface area (TPSA) is 40.5 Å². The van der Waals surface area contributed by atoms with Crippen molar-refractivity contribution in [1.29, 1.82) is 0 Å². The molecule has 0 aromatic rings. The van der Waals surface area contributed by atoms with Gasteiger partial charge in [0.2, 0.25) is 0 Å². The number of nitrogens with zero attached hydrogens (tertiary/aromatic N) is 1. The molecule has 0 saturated heterocycles. The number of carboxylic acid groups (broad SMARTS) is 1. The van der Waals surface area contributed by atoms with E-state index in [2.05, 4.69) is 25.7 Å². The number of likely N-dealkylation sites (N-methyl/N-ethyl adjacent to an activating group) is 1. The second-order valence-corrected chi connectivity index (χ2v) is 5.24. The summed E-state index contributed by atoms with van der Waals surface area (Å²) in [6.07, 6.45) is 6.29. The lowest BCUT2D eigenvalue weighted by molar-refractivity contribution is -0.154. The van der Waals surface area contributed by atoms with Crippen LogP contribution in [-0.2, 0) is 4.79 Å². The predicted molar refractivity (Wildman–Crippen MR) is 70.2 cm³/mol. The van der Waals surface area contributed by atoms with Crippen LogP contribution in [0.1, 0.15) is 59.3 Å². The van der Waals surface area contributed by atoms with Crippen molar-refractivity contribution in [3.63, 3.8) is 0 Å². The van der Waals surface area contributed by atoms with Gasteiger partial charge in [-0.25, -0.2) is 0 Å². The Kier molecular flexibility index (Phi) is 5.44.